The molecule has 20 heavy (non-hydrogen) atoms. The van der Waals surface area contributed by atoms with Crippen molar-refractivity contribution < 1.29 is 10.2 Å². The zero-order valence-electron chi connectivity index (χ0n) is 12.2. The summed E-state index contributed by atoms with van der Waals surface area (Å²) in [5.41, 5.74) is 0.666. The minimum Gasteiger partial charge on any atom is -0.507 e. The fourth-order valence-corrected chi connectivity index (χ4v) is 4.17. The molecule has 0 spiro atoms. The average Bonchev–Trinajstić information content (AvgIpc) is 2.97. The van der Waals surface area contributed by atoms with Crippen molar-refractivity contribution in [2.24, 2.45) is 11.8 Å². The summed E-state index contributed by atoms with van der Waals surface area (Å²) in [5, 5.41) is 23.7. The molecule has 4 atom stereocenters. The second-order valence-electron chi connectivity index (χ2n) is 6.14. The second kappa shape index (κ2) is 5.26. The van der Waals surface area contributed by atoms with Crippen LogP contribution in [0.15, 0.2) is 18.2 Å². The highest BCUT2D eigenvalue weighted by Crippen LogP contribution is 2.43. The largest absolute Gasteiger partial charge is 0.507 e. The lowest BCUT2D eigenvalue weighted by Gasteiger charge is -2.33. The van der Waals surface area contributed by atoms with Crippen LogP contribution in [-0.4, -0.2) is 40.8 Å². The Morgan fingerprint density at radius 3 is 2.65 bits per heavy atom. The van der Waals surface area contributed by atoms with Gasteiger partial charge in [-0.1, -0.05) is 13.0 Å². The maximum Gasteiger partial charge on any atom is 0.124 e. The van der Waals surface area contributed by atoms with Gasteiger partial charge in [0.25, 0.3) is 0 Å². The smallest absolute Gasteiger partial charge is 0.124 e. The maximum absolute atomic E-state index is 10.1. The van der Waals surface area contributed by atoms with Gasteiger partial charge in [0.15, 0.2) is 0 Å². The van der Waals surface area contributed by atoms with Crippen LogP contribution in [-0.2, 0) is 0 Å². The van der Waals surface area contributed by atoms with E-state index in [1.54, 1.807) is 18.2 Å². The number of aromatic hydroxyl groups is 2. The molecule has 3 rings (SSSR count). The molecule has 2 aliphatic heterocycles. The molecule has 4 unspecified atom stereocenters. The number of hydrogen-bond donors (Lipinski definition) is 3. The topological polar surface area (TPSA) is 55.7 Å². The van der Waals surface area contributed by atoms with Crippen molar-refractivity contribution in [3.63, 3.8) is 0 Å². The molecule has 4 heteroatoms. The van der Waals surface area contributed by atoms with Crippen LogP contribution >= 0.6 is 0 Å². The molecule has 0 amide bonds. The number of benzene rings is 1. The van der Waals surface area contributed by atoms with Crippen LogP contribution in [0, 0.1) is 11.8 Å². The highest BCUT2D eigenvalue weighted by molar-refractivity contribution is 5.45. The number of nitrogens with one attached hydrogen (secondary N) is 1. The average molecular weight is 276 g/mol. The second-order valence-corrected chi connectivity index (χ2v) is 6.14. The van der Waals surface area contributed by atoms with E-state index in [-0.39, 0.29) is 17.5 Å². The van der Waals surface area contributed by atoms with E-state index in [1.165, 1.54) is 0 Å². The zero-order chi connectivity index (χ0) is 14.3. The summed E-state index contributed by atoms with van der Waals surface area (Å²) in [7, 11) is 0. The Morgan fingerprint density at radius 1 is 1.30 bits per heavy atom. The summed E-state index contributed by atoms with van der Waals surface area (Å²) >= 11 is 0. The van der Waals surface area contributed by atoms with Crippen LogP contribution in [0.1, 0.15) is 31.9 Å². The third-order valence-electron chi connectivity index (χ3n) is 5.15. The highest BCUT2D eigenvalue weighted by atomic mass is 16.3. The Balaban J connectivity index is 1.89. The monoisotopic (exact) mass is 276 g/mol. The molecular formula is C16H24N2O2. The molecule has 4 nitrogen and oxygen atoms in total. The lowest BCUT2D eigenvalue weighted by atomic mass is 9.92. The van der Waals surface area contributed by atoms with Gasteiger partial charge in [-0.3, -0.25) is 4.90 Å². The molecule has 0 bridgehead atoms. The van der Waals surface area contributed by atoms with Gasteiger partial charge in [-0.15, -0.1) is 0 Å². The SMILES string of the molecule is CCC1C2CNCC2CN1C(C)c1c(O)cccc1O. The minimum absolute atomic E-state index is 0.0479. The van der Waals surface area contributed by atoms with Crippen molar-refractivity contribution in [3.8, 4) is 11.5 Å². The van der Waals surface area contributed by atoms with E-state index in [4.69, 9.17) is 0 Å². The molecule has 0 aliphatic carbocycles. The van der Waals surface area contributed by atoms with Gasteiger partial charge in [0, 0.05) is 18.6 Å². The highest BCUT2D eigenvalue weighted by Gasteiger charge is 2.45. The maximum atomic E-state index is 10.1. The molecule has 2 aliphatic rings. The molecule has 3 N–H and O–H groups in total. The number of phenolic OH excluding ortho intramolecular Hbond substituents is 2. The summed E-state index contributed by atoms with van der Waals surface area (Å²) in [5.74, 6) is 1.80. The summed E-state index contributed by atoms with van der Waals surface area (Å²) in [4.78, 5) is 2.46. The molecule has 0 saturated carbocycles. The summed E-state index contributed by atoms with van der Waals surface area (Å²) in [6.07, 6.45) is 1.11. The summed E-state index contributed by atoms with van der Waals surface area (Å²) in [6.45, 7) is 7.56. The fraction of sp³-hybridized carbons (Fsp3) is 0.625. The first-order chi connectivity index (χ1) is 9.63. The van der Waals surface area contributed by atoms with Crippen LogP contribution in [0.4, 0.5) is 0 Å². The quantitative estimate of drug-likeness (QED) is 0.791. The molecule has 1 aromatic carbocycles. The predicted octanol–water partition coefficient (Wildman–Crippen LogP) is 2.09. The normalized spacial score (nSPS) is 31.4. The summed E-state index contributed by atoms with van der Waals surface area (Å²) < 4.78 is 0. The first-order valence-corrected chi connectivity index (χ1v) is 7.60. The van der Waals surface area contributed by atoms with E-state index in [2.05, 4.69) is 24.1 Å². The van der Waals surface area contributed by atoms with Gasteiger partial charge in [-0.2, -0.15) is 0 Å². The third kappa shape index (κ3) is 2.07. The van der Waals surface area contributed by atoms with Crippen LogP contribution in [0.5, 0.6) is 11.5 Å². The van der Waals surface area contributed by atoms with Gasteiger partial charge < -0.3 is 15.5 Å². The van der Waals surface area contributed by atoms with Gasteiger partial charge >= 0.3 is 0 Å². The van der Waals surface area contributed by atoms with E-state index in [0.717, 1.165) is 26.1 Å². The van der Waals surface area contributed by atoms with Crippen molar-refractivity contribution >= 4 is 0 Å². The van der Waals surface area contributed by atoms with Crippen molar-refractivity contribution in [1.29, 1.82) is 0 Å². The summed E-state index contributed by atoms with van der Waals surface area (Å²) in [6, 6.07) is 5.58. The Morgan fingerprint density at radius 2 is 2.00 bits per heavy atom. The number of rotatable bonds is 3. The standard InChI is InChI=1S/C16H24N2O2/c1-3-13-12-8-17-7-11(12)9-18(13)10(2)16-14(19)5-4-6-15(16)20/h4-6,10-13,17,19-20H,3,7-9H2,1-2H3. The Hall–Kier alpha value is -1.26. The van der Waals surface area contributed by atoms with Crippen LogP contribution in [0.3, 0.4) is 0 Å². The first kappa shape index (κ1) is 13.7. The molecule has 0 radical (unpaired) electrons. The van der Waals surface area contributed by atoms with Crippen LogP contribution in [0.2, 0.25) is 0 Å². The fourth-order valence-electron chi connectivity index (χ4n) is 4.17. The van der Waals surface area contributed by atoms with E-state index in [1.807, 2.05) is 0 Å². The predicted molar refractivity (Wildman–Crippen MR) is 78.8 cm³/mol. The zero-order valence-corrected chi connectivity index (χ0v) is 12.2. The van der Waals surface area contributed by atoms with E-state index >= 15 is 0 Å². The van der Waals surface area contributed by atoms with Crippen LogP contribution < -0.4 is 5.32 Å². The van der Waals surface area contributed by atoms with Gasteiger partial charge in [0.2, 0.25) is 0 Å². The van der Waals surface area contributed by atoms with Gasteiger partial charge in [0.05, 0.1) is 5.56 Å². The number of hydrogen-bond acceptors (Lipinski definition) is 4. The molecule has 2 heterocycles. The Bertz CT molecular complexity index is 471. The Labute approximate surface area is 120 Å². The van der Waals surface area contributed by atoms with E-state index in [9.17, 15) is 10.2 Å². The number of phenols is 2. The lowest BCUT2D eigenvalue weighted by Crippen LogP contribution is -2.37. The Kier molecular flexibility index (Phi) is 3.61. The number of nitrogens with zero attached hydrogens (tertiary/aromatic N) is 1. The van der Waals surface area contributed by atoms with E-state index < -0.39 is 0 Å². The minimum atomic E-state index is 0.0479. The number of likely N-dealkylation sites (tertiary alicyclic amines) is 1. The van der Waals surface area contributed by atoms with Crippen LogP contribution in [0.25, 0.3) is 0 Å². The molecule has 110 valence electrons. The third-order valence-corrected chi connectivity index (χ3v) is 5.15. The molecular weight excluding hydrogens is 252 g/mol. The molecule has 0 aromatic heterocycles. The molecule has 2 saturated heterocycles. The lowest BCUT2D eigenvalue weighted by molar-refractivity contribution is 0.161. The van der Waals surface area contributed by atoms with Crippen molar-refractivity contribution in [1.82, 2.24) is 10.2 Å². The van der Waals surface area contributed by atoms with Gasteiger partial charge in [0.1, 0.15) is 11.5 Å². The first-order valence-electron chi connectivity index (χ1n) is 7.60. The van der Waals surface area contributed by atoms with E-state index in [0.29, 0.717) is 23.4 Å². The molecule has 2 fully saturated rings. The van der Waals surface area contributed by atoms with Gasteiger partial charge in [-0.05, 0) is 50.4 Å². The number of fused-ring (bicyclic) bond motifs is 1. The van der Waals surface area contributed by atoms with Crippen molar-refractivity contribution in [2.45, 2.75) is 32.4 Å². The van der Waals surface area contributed by atoms with Gasteiger partial charge in [-0.25, -0.2) is 0 Å². The van der Waals surface area contributed by atoms with Crippen molar-refractivity contribution in [2.75, 3.05) is 19.6 Å². The molecule has 1 aromatic rings. The van der Waals surface area contributed by atoms with Crippen molar-refractivity contribution in [3.05, 3.63) is 23.8 Å².